The minimum atomic E-state index is -0.393. The van der Waals surface area contributed by atoms with Gasteiger partial charge >= 0.3 is 0 Å². The number of aromatic nitrogens is 1. The lowest BCUT2D eigenvalue weighted by molar-refractivity contribution is -0.577. The van der Waals surface area contributed by atoms with Gasteiger partial charge in [0.1, 0.15) is 5.82 Å². The van der Waals surface area contributed by atoms with Gasteiger partial charge in [0, 0.05) is 17.8 Å². The number of anilines is 1. The Hall–Kier alpha value is -3.05. The van der Waals surface area contributed by atoms with Crippen LogP contribution in [0.15, 0.2) is 79.1 Å². The van der Waals surface area contributed by atoms with E-state index in [4.69, 9.17) is 12.2 Å². The van der Waals surface area contributed by atoms with Crippen LogP contribution in [-0.4, -0.2) is 4.99 Å². The first-order valence-corrected chi connectivity index (χ1v) is 8.48. The van der Waals surface area contributed by atoms with E-state index in [9.17, 15) is 9.50 Å². The van der Waals surface area contributed by atoms with Crippen LogP contribution in [0.5, 0.6) is 0 Å². The second-order valence-corrected chi connectivity index (χ2v) is 6.14. The van der Waals surface area contributed by atoms with Crippen LogP contribution in [0.25, 0.3) is 11.5 Å². The zero-order chi connectivity index (χ0) is 18.5. The molecule has 1 aromatic heterocycles. The number of pyridine rings is 1. The molecule has 0 fully saturated rings. The van der Waals surface area contributed by atoms with Crippen molar-refractivity contribution in [3.8, 4) is 0 Å². The number of aryl methyl sites for hydroxylation is 1. The summed E-state index contributed by atoms with van der Waals surface area (Å²) in [7, 11) is 0. The fourth-order valence-electron chi connectivity index (χ4n) is 2.52. The van der Waals surface area contributed by atoms with Gasteiger partial charge < -0.3 is 10.4 Å². The highest BCUT2D eigenvalue weighted by atomic mass is 32.1. The molecule has 0 unspecified atom stereocenters. The molecule has 130 valence electrons. The van der Waals surface area contributed by atoms with Crippen LogP contribution in [0.2, 0.25) is 0 Å². The van der Waals surface area contributed by atoms with Crippen molar-refractivity contribution in [2.24, 2.45) is 0 Å². The van der Waals surface area contributed by atoms with E-state index in [-0.39, 0.29) is 5.76 Å². The number of hydrogen-bond acceptors (Lipinski definition) is 2. The zero-order valence-electron chi connectivity index (χ0n) is 14.1. The number of hydrogen-bond donors (Lipinski definition) is 1. The molecule has 0 saturated heterocycles. The highest BCUT2D eigenvalue weighted by Gasteiger charge is 2.19. The van der Waals surface area contributed by atoms with Gasteiger partial charge in [-0.15, -0.1) is 0 Å². The standard InChI is InChI=1S/C21H17FN2OS/c1-15-7-3-4-8-18(15)23-21(26)19(24-13-5-2-6-14-24)20(25)16-9-11-17(22)12-10-16/h2-14H,1H3,(H-,23,25,26). The molecule has 0 aliphatic rings. The van der Waals surface area contributed by atoms with Gasteiger partial charge in [0.15, 0.2) is 17.4 Å². The molecular weight excluding hydrogens is 347 g/mol. The Morgan fingerprint density at radius 2 is 1.62 bits per heavy atom. The van der Waals surface area contributed by atoms with Crippen molar-refractivity contribution in [3.63, 3.8) is 0 Å². The van der Waals surface area contributed by atoms with E-state index in [1.54, 1.807) is 17.0 Å². The van der Waals surface area contributed by atoms with Gasteiger partial charge in [0.25, 0.3) is 0 Å². The van der Waals surface area contributed by atoms with Gasteiger partial charge in [-0.1, -0.05) is 48.6 Å². The van der Waals surface area contributed by atoms with Crippen molar-refractivity contribution in [1.82, 2.24) is 0 Å². The van der Waals surface area contributed by atoms with Crippen molar-refractivity contribution in [2.45, 2.75) is 6.92 Å². The largest absolute Gasteiger partial charge is 0.867 e. The Morgan fingerprint density at radius 3 is 2.27 bits per heavy atom. The van der Waals surface area contributed by atoms with Crippen LogP contribution in [0.1, 0.15) is 11.1 Å². The van der Waals surface area contributed by atoms with E-state index in [1.165, 1.54) is 24.3 Å². The third-order valence-corrected chi connectivity index (χ3v) is 4.20. The molecule has 0 saturated carbocycles. The first-order chi connectivity index (χ1) is 12.6. The molecule has 0 radical (unpaired) electrons. The topological polar surface area (TPSA) is 39.0 Å². The highest BCUT2D eigenvalue weighted by Crippen LogP contribution is 2.19. The van der Waals surface area contributed by atoms with Crippen LogP contribution in [0.3, 0.4) is 0 Å². The summed E-state index contributed by atoms with van der Waals surface area (Å²) in [5, 5.41) is 16.2. The molecule has 3 nitrogen and oxygen atoms in total. The summed E-state index contributed by atoms with van der Waals surface area (Å²) in [5.74, 6) is -0.677. The van der Waals surface area contributed by atoms with Crippen LogP contribution in [-0.2, 0) is 0 Å². The molecule has 0 amide bonds. The van der Waals surface area contributed by atoms with Gasteiger partial charge in [-0.2, -0.15) is 4.57 Å². The van der Waals surface area contributed by atoms with Crippen molar-refractivity contribution >= 4 is 34.3 Å². The molecule has 3 rings (SSSR count). The molecule has 2 aromatic carbocycles. The van der Waals surface area contributed by atoms with Crippen LogP contribution >= 0.6 is 12.2 Å². The molecule has 1 N–H and O–H groups in total. The van der Waals surface area contributed by atoms with Gasteiger partial charge in [-0.3, -0.25) is 0 Å². The lowest BCUT2D eigenvalue weighted by Gasteiger charge is -2.17. The van der Waals surface area contributed by atoms with Crippen molar-refractivity contribution in [2.75, 3.05) is 5.32 Å². The molecular formula is C21H17FN2OS. The number of halogens is 1. The summed E-state index contributed by atoms with van der Waals surface area (Å²) < 4.78 is 14.9. The van der Waals surface area contributed by atoms with E-state index >= 15 is 0 Å². The summed E-state index contributed by atoms with van der Waals surface area (Å²) in [4.78, 5) is 0.296. The fraction of sp³-hybridized carbons (Fsp3) is 0.0476. The predicted molar refractivity (Wildman–Crippen MR) is 104 cm³/mol. The van der Waals surface area contributed by atoms with E-state index in [1.807, 2.05) is 49.4 Å². The van der Waals surface area contributed by atoms with Gasteiger partial charge in [0.05, 0.1) is 0 Å². The first kappa shape index (κ1) is 17.8. The zero-order valence-corrected chi connectivity index (χ0v) is 15.0. The Labute approximate surface area is 157 Å². The van der Waals surface area contributed by atoms with Gasteiger partial charge in [-0.05, 0) is 42.0 Å². The lowest BCUT2D eigenvalue weighted by atomic mass is 10.1. The minimum absolute atomic E-state index is 0.285. The summed E-state index contributed by atoms with van der Waals surface area (Å²) in [6, 6.07) is 18.6. The first-order valence-electron chi connectivity index (χ1n) is 8.07. The number of benzene rings is 2. The Morgan fingerprint density at radius 1 is 0.962 bits per heavy atom. The molecule has 3 aromatic rings. The molecule has 26 heavy (non-hydrogen) atoms. The maximum atomic E-state index is 13.2. The number of thiocarbonyl (C=S) groups is 1. The quantitative estimate of drug-likeness (QED) is 0.333. The maximum Gasteiger partial charge on any atom is 0.238 e. The molecule has 0 spiro atoms. The van der Waals surface area contributed by atoms with E-state index in [0.717, 1.165) is 11.3 Å². The number of rotatable bonds is 4. The van der Waals surface area contributed by atoms with Crippen LogP contribution in [0.4, 0.5) is 10.1 Å². The summed E-state index contributed by atoms with van der Waals surface area (Å²) in [5.41, 5.74) is 2.52. The van der Waals surface area contributed by atoms with E-state index < -0.39 is 5.82 Å². The Bertz CT molecular complexity index is 953. The average Bonchev–Trinajstić information content (AvgIpc) is 2.65. The number of para-hydroxylation sites is 1. The number of nitrogens with one attached hydrogen (secondary N) is 1. The highest BCUT2D eigenvalue weighted by molar-refractivity contribution is 7.81. The van der Waals surface area contributed by atoms with E-state index in [0.29, 0.717) is 16.2 Å². The maximum absolute atomic E-state index is 13.2. The Kier molecular flexibility index (Phi) is 5.39. The monoisotopic (exact) mass is 364 g/mol. The summed E-state index contributed by atoms with van der Waals surface area (Å²) in [6.45, 7) is 1.96. The fourth-order valence-corrected chi connectivity index (χ4v) is 2.83. The molecule has 0 aliphatic heterocycles. The second-order valence-electron chi connectivity index (χ2n) is 5.74. The second kappa shape index (κ2) is 7.89. The third kappa shape index (κ3) is 3.95. The van der Waals surface area contributed by atoms with Crippen molar-refractivity contribution in [1.29, 1.82) is 0 Å². The SMILES string of the molecule is Cc1ccccc1NC(=S)C(=C([O-])c1ccc(F)cc1)[n+]1ccccc1. The normalized spacial score (nSPS) is 11.6. The predicted octanol–water partition coefficient (Wildman–Crippen LogP) is 3.55. The minimum Gasteiger partial charge on any atom is -0.867 e. The molecule has 0 aliphatic carbocycles. The average molecular weight is 364 g/mol. The van der Waals surface area contributed by atoms with Crippen LogP contribution in [0, 0.1) is 12.7 Å². The molecule has 0 bridgehead atoms. The Balaban J connectivity index is 2.06. The molecule has 5 heteroatoms. The van der Waals surface area contributed by atoms with Crippen molar-refractivity contribution < 1.29 is 14.1 Å². The lowest BCUT2D eigenvalue weighted by Crippen LogP contribution is -2.39. The molecule has 1 heterocycles. The van der Waals surface area contributed by atoms with Gasteiger partial charge in [0.2, 0.25) is 5.70 Å². The summed E-state index contributed by atoms with van der Waals surface area (Å²) in [6.07, 6.45) is 3.51. The van der Waals surface area contributed by atoms with Crippen LogP contribution < -0.4 is 15.0 Å². The smallest absolute Gasteiger partial charge is 0.238 e. The number of nitrogens with zero attached hydrogens (tertiary/aromatic N) is 1. The van der Waals surface area contributed by atoms with E-state index in [2.05, 4.69) is 5.32 Å². The van der Waals surface area contributed by atoms with Crippen molar-refractivity contribution in [3.05, 3.63) is 96.1 Å². The third-order valence-electron chi connectivity index (χ3n) is 3.90. The molecule has 0 atom stereocenters. The van der Waals surface area contributed by atoms with Gasteiger partial charge in [-0.25, -0.2) is 4.39 Å². The summed E-state index contributed by atoms with van der Waals surface area (Å²) >= 11 is 5.54.